The third-order valence-corrected chi connectivity index (χ3v) is 2.37. The largest absolute Gasteiger partial charge is 0.462 e. The van der Waals surface area contributed by atoms with Crippen LogP contribution >= 0.6 is 11.8 Å². The van der Waals surface area contributed by atoms with E-state index in [2.05, 4.69) is 0 Å². The zero-order valence-electron chi connectivity index (χ0n) is 10.4. The van der Waals surface area contributed by atoms with E-state index in [1.165, 1.54) is 0 Å². The molecule has 0 aliphatic rings. The Kier molecular flexibility index (Phi) is 9.14. The van der Waals surface area contributed by atoms with Crippen LogP contribution in [-0.2, 0) is 9.53 Å². The van der Waals surface area contributed by atoms with Crippen molar-refractivity contribution in [2.45, 2.75) is 13.8 Å². The summed E-state index contributed by atoms with van der Waals surface area (Å²) in [6.07, 6.45) is 10.6. The number of hydrogen-bond donors (Lipinski definition) is 1. The Hall–Kier alpha value is -1.93. The molecular formula is C13H16N2O2S. The first-order chi connectivity index (χ1) is 8.67. The lowest BCUT2D eigenvalue weighted by molar-refractivity contribution is -0.137. The SMILES string of the molecule is CC=CC=CC=CC(N)=C(SC#N)C(=O)OCC. The van der Waals surface area contributed by atoms with Crippen LogP contribution in [0.1, 0.15) is 13.8 Å². The van der Waals surface area contributed by atoms with Gasteiger partial charge in [-0.1, -0.05) is 30.4 Å². The second-order valence-corrected chi connectivity index (χ2v) is 3.76. The number of thioether (sulfide) groups is 1. The summed E-state index contributed by atoms with van der Waals surface area (Å²) >= 11 is 0.697. The highest BCUT2D eigenvalue weighted by atomic mass is 32.2. The van der Waals surface area contributed by atoms with Gasteiger partial charge in [0.15, 0.2) is 0 Å². The average Bonchev–Trinajstić information content (AvgIpc) is 2.35. The van der Waals surface area contributed by atoms with Crippen molar-refractivity contribution in [3.05, 3.63) is 47.1 Å². The highest BCUT2D eigenvalue weighted by molar-refractivity contribution is 8.08. The summed E-state index contributed by atoms with van der Waals surface area (Å²) in [4.78, 5) is 11.6. The van der Waals surface area contributed by atoms with E-state index in [0.29, 0.717) is 11.8 Å². The van der Waals surface area contributed by atoms with Gasteiger partial charge in [-0.25, -0.2) is 4.79 Å². The predicted molar refractivity (Wildman–Crippen MR) is 74.1 cm³/mol. The maximum absolute atomic E-state index is 11.5. The molecule has 0 bridgehead atoms. The number of esters is 1. The summed E-state index contributed by atoms with van der Waals surface area (Å²) < 4.78 is 4.81. The minimum absolute atomic E-state index is 0.107. The van der Waals surface area contributed by atoms with Crippen molar-refractivity contribution in [1.29, 1.82) is 5.26 Å². The quantitative estimate of drug-likeness (QED) is 0.345. The van der Waals surface area contributed by atoms with Gasteiger partial charge in [-0.15, -0.1) is 0 Å². The van der Waals surface area contributed by atoms with Crippen LogP contribution in [0.2, 0.25) is 0 Å². The van der Waals surface area contributed by atoms with Crippen LogP contribution in [0.15, 0.2) is 47.1 Å². The average molecular weight is 264 g/mol. The van der Waals surface area contributed by atoms with E-state index in [1.54, 1.807) is 25.2 Å². The van der Waals surface area contributed by atoms with Gasteiger partial charge in [-0.3, -0.25) is 0 Å². The highest BCUT2D eigenvalue weighted by Crippen LogP contribution is 2.18. The first-order valence-electron chi connectivity index (χ1n) is 5.36. The molecule has 18 heavy (non-hydrogen) atoms. The Morgan fingerprint density at radius 3 is 2.61 bits per heavy atom. The molecule has 5 heteroatoms. The molecule has 96 valence electrons. The van der Waals surface area contributed by atoms with Crippen molar-refractivity contribution in [2.75, 3.05) is 6.61 Å². The Bertz CT molecular complexity index is 429. The molecule has 0 aromatic carbocycles. The lowest BCUT2D eigenvalue weighted by atomic mass is 10.3. The molecule has 0 amide bonds. The van der Waals surface area contributed by atoms with Crippen molar-refractivity contribution in [2.24, 2.45) is 5.73 Å². The predicted octanol–water partition coefficient (Wildman–Crippen LogP) is 2.62. The third-order valence-electron chi connectivity index (χ3n) is 1.67. The number of nitrogens with two attached hydrogens (primary N) is 1. The fraction of sp³-hybridized carbons (Fsp3) is 0.231. The molecule has 0 aromatic rings. The summed E-state index contributed by atoms with van der Waals surface area (Å²) in [7, 11) is 0. The van der Waals surface area contributed by atoms with E-state index in [4.69, 9.17) is 15.7 Å². The van der Waals surface area contributed by atoms with Crippen LogP contribution in [0, 0.1) is 10.7 Å². The summed E-state index contributed by atoms with van der Waals surface area (Å²) in [5.74, 6) is -0.580. The van der Waals surface area contributed by atoms with Gasteiger partial charge in [0, 0.05) is 0 Å². The van der Waals surface area contributed by atoms with E-state index in [0.717, 1.165) is 0 Å². The van der Waals surface area contributed by atoms with Gasteiger partial charge in [0.25, 0.3) is 0 Å². The van der Waals surface area contributed by atoms with Gasteiger partial charge in [0.05, 0.1) is 12.3 Å². The molecule has 4 nitrogen and oxygen atoms in total. The van der Waals surface area contributed by atoms with E-state index in [1.807, 2.05) is 30.6 Å². The third kappa shape index (κ3) is 6.61. The molecule has 0 saturated heterocycles. The monoisotopic (exact) mass is 264 g/mol. The number of hydrogen-bond acceptors (Lipinski definition) is 5. The van der Waals surface area contributed by atoms with E-state index in [9.17, 15) is 4.79 Å². The number of carbonyl (C=O) groups excluding carboxylic acids is 1. The number of ether oxygens (including phenoxy) is 1. The normalized spacial score (nSPS) is 12.9. The van der Waals surface area contributed by atoms with Crippen LogP contribution in [-0.4, -0.2) is 12.6 Å². The molecule has 0 spiro atoms. The molecule has 2 N–H and O–H groups in total. The number of carbonyl (C=O) groups is 1. The Morgan fingerprint density at radius 2 is 2.06 bits per heavy atom. The second-order valence-electron chi connectivity index (χ2n) is 2.97. The molecule has 0 aromatic heterocycles. The second kappa shape index (κ2) is 10.2. The van der Waals surface area contributed by atoms with Gasteiger partial charge >= 0.3 is 5.97 Å². The first kappa shape index (κ1) is 16.1. The van der Waals surface area contributed by atoms with Crippen LogP contribution in [0.3, 0.4) is 0 Å². The van der Waals surface area contributed by atoms with Crippen LogP contribution in [0.5, 0.6) is 0 Å². The first-order valence-corrected chi connectivity index (χ1v) is 6.17. The van der Waals surface area contributed by atoms with Gasteiger partial charge in [-0.05, 0) is 31.7 Å². The molecule has 0 rings (SSSR count). The molecule has 0 unspecified atom stereocenters. The van der Waals surface area contributed by atoms with Crippen LogP contribution in [0.4, 0.5) is 0 Å². The summed E-state index contributed by atoms with van der Waals surface area (Å²) in [6, 6.07) is 0. The fourth-order valence-corrected chi connectivity index (χ4v) is 1.35. The van der Waals surface area contributed by atoms with Gasteiger partial charge in [-0.2, -0.15) is 5.26 Å². The topological polar surface area (TPSA) is 76.1 Å². The minimum atomic E-state index is -0.580. The summed E-state index contributed by atoms with van der Waals surface area (Å²) in [6.45, 7) is 3.84. The van der Waals surface area contributed by atoms with Crippen molar-refractivity contribution < 1.29 is 9.53 Å². The number of allylic oxidation sites excluding steroid dienone is 6. The number of nitriles is 1. The fourth-order valence-electron chi connectivity index (χ4n) is 0.935. The summed E-state index contributed by atoms with van der Waals surface area (Å²) in [5.41, 5.74) is 5.93. The molecular weight excluding hydrogens is 248 g/mol. The molecule has 0 fully saturated rings. The Labute approximate surface area is 111 Å². The molecule has 0 atom stereocenters. The molecule has 0 radical (unpaired) electrons. The summed E-state index contributed by atoms with van der Waals surface area (Å²) in [5, 5.41) is 10.4. The number of thiocyanates is 1. The Balaban J connectivity index is 4.88. The lowest BCUT2D eigenvalue weighted by Crippen LogP contribution is -2.10. The lowest BCUT2D eigenvalue weighted by Gasteiger charge is -2.04. The van der Waals surface area contributed by atoms with E-state index >= 15 is 0 Å². The van der Waals surface area contributed by atoms with Crippen LogP contribution in [0.25, 0.3) is 0 Å². The maximum Gasteiger partial charge on any atom is 0.347 e. The van der Waals surface area contributed by atoms with Crippen LogP contribution < -0.4 is 5.73 Å². The smallest absolute Gasteiger partial charge is 0.347 e. The van der Waals surface area contributed by atoms with Gasteiger partial charge in [0.1, 0.15) is 10.3 Å². The van der Waals surface area contributed by atoms with E-state index < -0.39 is 5.97 Å². The van der Waals surface area contributed by atoms with Gasteiger partial charge in [0.2, 0.25) is 0 Å². The van der Waals surface area contributed by atoms with Gasteiger partial charge < -0.3 is 10.5 Å². The van der Waals surface area contributed by atoms with Crippen molar-refractivity contribution in [1.82, 2.24) is 0 Å². The number of nitrogens with zero attached hydrogens (tertiary/aromatic N) is 1. The molecule has 0 heterocycles. The zero-order chi connectivity index (χ0) is 13.8. The molecule has 0 aliphatic carbocycles. The molecule has 0 saturated carbocycles. The minimum Gasteiger partial charge on any atom is -0.462 e. The maximum atomic E-state index is 11.5. The zero-order valence-corrected chi connectivity index (χ0v) is 11.2. The number of rotatable bonds is 6. The Morgan fingerprint density at radius 1 is 1.39 bits per heavy atom. The highest BCUT2D eigenvalue weighted by Gasteiger charge is 2.14. The standard InChI is InChI=1S/C13H16N2O2S/c1-3-5-6-7-8-9-11(15)12(18-10-14)13(16)17-4-2/h3,5-9H,4,15H2,1-2H3. The van der Waals surface area contributed by atoms with Crippen molar-refractivity contribution in [3.63, 3.8) is 0 Å². The van der Waals surface area contributed by atoms with E-state index in [-0.39, 0.29) is 17.2 Å². The van der Waals surface area contributed by atoms with Crippen molar-refractivity contribution >= 4 is 17.7 Å². The van der Waals surface area contributed by atoms with Crippen molar-refractivity contribution in [3.8, 4) is 5.40 Å². The molecule has 0 aliphatic heterocycles.